The molecule has 264 valence electrons. The molecule has 0 aromatic heterocycles. The first kappa shape index (κ1) is 43.6. The normalized spacial score (nSPS) is 12.8. The fourth-order valence-electron chi connectivity index (χ4n) is 4.97. The van der Waals surface area contributed by atoms with Crippen LogP contribution in [-0.4, -0.2) is 36.4 Å². The summed E-state index contributed by atoms with van der Waals surface area (Å²) in [5.74, 6) is -0.680. The number of esters is 2. The summed E-state index contributed by atoms with van der Waals surface area (Å²) in [4.78, 5) is 24.2. The molecule has 0 amide bonds. The Balaban J connectivity index is 3.64. The zero-order valence-electron chi connectivity index (χ0n) is 29.8. The SMILES string of the molecule is CC/C=C/C/C=C/C/C=C/CCCCCCCCCCCC(=O)OC(CO)COC(=O)CC/C=C/C/C=C/CCCCCCCC. The Morgan fingerprint density at radius 3 is 1.50 bits per heavy atom. The molecule has 0 bridgehead atoms. The quantitative estimate of drug-likeness (QED) is 0.0438. The number of carbonyl (C=O) groups excluding carboxylic acids is 2. The van der Waals surface area contributed by atoms with E-state index in [1.54, 1.807) is 0 Å². The van der Waals surface area contributed by atoms with Crippen LogP contribution in [0.4, 0.5) is 0 Å². The van der Waals surface area contributed by atoms with Crippen LogP contribution in [0.5, 0.6) is 0 Å². The van der Waals surface area contributed by atoms with Gasteiger partial charge in [-0.2, -0.15) is 0 Å². The summed E-state index contributed by atoms with van der Waals surface area (Å²) in [5, 5.41) is 9.53. The Kier molecular flexibility index (Phi) is 35.1. The molecule has 1 N–H and O–H groups in total. The van der Waals surface area contributed by atoms with Crippen LogP contribution < -0.4 is 0 Å². The number of aliphatic hydroxyl groups is 1. The predicted octanol–water partition coefficient (Wildman–Crippen LogP) is 11.6. The summed E-state index contributed by atoms with van der Waals surface area (Å²) in [6.45, 7) is 3.95. The van der Waals surface area contributed by atoms with Gasteiger partial charge in [0.2, 0.25) is 0 Å². The first-order valence-electron chi connectivity index (χ1n) is 18.8. The molecule has 0 saturated heterocycles. The summed E-state index contributed by atoms with van der Waals surface area (Å²) in [7, 11) is 0. The number of ether oxygens (including phenoxy) is 2. The summed E-state index contributed by atoms with van der Waals surface area (Å²) >= 11 is 0. The highest BCUT2D eigenvalue weighted by atomic mass is 16.6. The van der Waals surface area contributed by atoms with Gasteiger partial charge in [-0.25, -0.2) is 0 Å². The van der Waals surface area contributed by atoms with Crippen molar-refractivity contribution in [2.75, 3.05) is 13.2 Å². The van der Waals surface area contributed by atoms with E-state index in [0.717, 1.165) is 51.4 Å². The van der Waals surface area contributed by atoms with E-state index in [2.05, 4.69) is 68.5 Å². The monoisotopic (exact) mass is 643 g/mol. The topological polar surface area (TPSA) is 72.8 Å². The van der Waals surface area contributed by atoms with Crippen molar-refractivity contribution in [1.29, 1.82) is 0 Å². The van der Waals surface area contributed by atoms with E-state index in [4.69, 9.17) is 9.47 Å². The van der Waals surface area contributed by atoms with Crippen LogP contribution in [0.25, 0.3) is 0 Å². The molecule has 0 spiro atoms. The molecule has 5 heteroatoms. The van der Waals surface area contributed by atoms with Gasteiger partial charge in [-0.05, 0) is 64.2 Å². The summed E-state index contributed by atoms with van der Waals surface area (Å²) in [5.41, 5.74) is 0. The molecular formula is C41H70O5. The lowest BCUT2D eigenvalue weighted by Gasteiger charge is -2.15. The molecule has 0 radical (unpaired) electrons. The van der Waals surface area contributed by atoms with Gasteiger partial charge in [0.25, 0.3) is 0 Å². The van der Waals surface area contributed by atoms with Gasteiger partial charge in [0.15, 0.2) is 6.10 Å². The molecular weight excluding hydrogens is 572 g/mol. The lowest BCUT2D eigenvalue weighted by atomic mass is 10.1. The lowest BCUT2D eigenvalue weighted by molar-refractivity contribution is -0.161. The molecule has 0 aromatic carbocycles. The molecule has 0 rings (SSSR count). The zero-order valence-corrected chi connectivity index (χ0v) is 29.8. The van der Waals surface area contributed by atoms with Gasteiger partial charge in [-0.15, -0.1) is 0 Å². The molecule has 46 heavy (non-hydrogen) atoms. The minimum atomic E-state index is -0.797. The second-order valence-electron chi connectivity index (χ2n) is 12.3. The van der Waals surface area contributed by atoms with E-state index < -0.39 is 6.10 Å². The van der Waals surface area contributed by atoms with E-state index in [-0.39, 0.29) is 31.6 Å². The van der Waals surface area contributed by atoms with Crippen molar-refractivity contribution in [3.63, 3.8) is 0 Å². The largest absolute Gasteiger partial charge is 0.462 e. The van der Waals surface area contributed by atoms with E-state index in [9.17, 15) is 14.7 Å². The highest BCUT2D eigenvalue weighted by Crippen LogP contribution is 2.13. The average molecular weight is 643 g/mol. The Hall–Kier alpha value is -2.40. The van der Waals surface area contributed by atoms with Gasteiger partial charge in [0.1, 0.15) is 6.61 Å². The van der Waals surface area contributed by atoms with E-state index in [1.807, 2.05) is 6.08 Å². The average Bonchev–Trinajstić information content (AvgIpc) is 3.06. The van der Waals surface area contributed by atoms with Crippen molar-refractivity contribution in [2.45, 2.75) is 174 Å². The van der Waals surface area contributed by atoms with Crippen molar-refractivity contribution in [3.05, 3.63) is 60.8 Å². The maximum Gasteiger partial charge on any atom is 0.306 e. The third kappa shape index (κ3) is 34.5. The maximum atomic E-state index is 12.1. The van der Waals surface area contributed by atoms with Crippen LogP contribution in [-0.2, 0) is 19.1 Å². The van der Waals surface area contributed by atoms with Crippen molar-refractivity contribution < 1.29 is 24.2 Å². The molecule has 0 heterocycles. The first-order valence-corrected chi connectivity index (χ1v) is 18.8. The second kappa shape index (κ2) is 37.1. The summed E-state index contributed by atoms with van der Waals surface area (Å²) in [6.07, 6.45) is 47.2. The third-order valence-corrected chi connectivity index (χ3v) is 7.81. The van der Waals surface area contributed by atoms with Gasteiger partial charge in [-0.3, -0.25) is 9.59 Å². The fraction of sp³-hybridized carbons (Fsp3) is 0.707. The second-order valence-corrected chi connectivity index (χ2v) is 12.3. The van der Waals surface area contributed by atoms with Crippen LogP contribution >= 0.6 is 0 Å². The van der Waals surface area contributed by atoms with Crippen LogP contribution in [0, 0.1) is 0 Å². The standard InChI is InChI=1S/C41H70O5/c1-3-5-7-9-11-13-15-17-18-19-20-21-22-24-26-28-30-32-34-36-41(44)46-39(37-42)38-45-40(43)35-33-31-29-27-25-23-16-14-12-10-8-6-4-2/h5,7,11,13,17-18,23,25,29,31,39,42H,3-4,6,8-10,12,14-16,19-22,24,26-28,30,32-38H2,1-2H3/b7-5+,13-11+,18-17+,25-23+,31-29+. The number of rotatable bonds is 33. The third-order valence-electron chi connectivity index (χ3n) is 7.81. The minimum Gasteiger partial charge on any atom is -0.462 e. The molecule has 0 aliphatic rings. The highest BCUT2D eigenvalue weighted by Gasteiger charge is 2.15. The number of aliphatic hydroxyl groups excluding tert-OH is 1. The van der Waals surface area contributed by atoms with Crippen molar-refractivity contribution in [2.24, 2.45) is 0 Å². The number of unbranched alkanes of at least 4 members (excludes halogenated alkanes) is 15. The van der Waals surface area contributed by atoms with Gasteiger partial charge in [-0.1, -0.05) is 152 Å². The number of hydrogen-bond acceptors (Lipinski definition) is 5. The van der Waals surface area contributed by atoms with Gasteiger partial charge >= 0.3 is 11.9 Å². The minimum absolute atomic E-state index is 0.100. The first-order chi connectivity index (χ1) is 22.6. The van der Waals surface area contributed by atoms with Gasteiger partial charge in [0, 0.05) is 12.8 Å². The molecule has 1 unspecified atom stereocenters. The molecule has 0 aliphatic heterocycles. The molecule has 0 aromatic rings. The predicted molar refractivity (Wildman–Crippen MR) is 196 cm³/mol. The smallest absolute Gasteiger partial charge is 0.306 e. The summed E-state index contributed by atoms with van der Waals surface area (Å²) in [6, 6.07) is 0. The number of allylic oxidation sites excluding steroid dienone is 10. The highest BCUT2D eigenvalue weighted by molar-refractivity contribution is 5.70. The molecule has 1 atom stereocenters. The maximum absolute atomic E-state index is 12.1. The van der Waals surface area contributed by atoms with Crippen LogP contribution in [0.3, 0.4) is 0 Å². The Morgan fingerprint density at radius 1 is 0.522 bits per heavy atom. The number of hydrogen-bond donors (Lipinski definition) is 1. The Bertz CT molecular complexity index is 823. The van der Waals surface area contributed by atoms with Crippen molar-refractivity contribution in [3.8, 4) is 0 Å². The Morgan fingerprint density at radius 2 is 0.978 bits per heavy atom. The van der Waals surface area contributed by atoms with E-state index in [1.165, 1.54) is 83.5 Å². The fourth-order valence-corrected chi connectivity index (χ4v) is 4.97. The van der Waals surface area contributed by atoms with Gasteiger partial charge < -0.3 is 14.6 Å². The number of carbonyl (C=O) groups is 2. The van der Waals surface area contributed by atoms with Crippen LogP contribution in [0.1, 0.15) is 168 Å². The molecule has 0 saturated carbocycles. The molecule has 0 fully saturated rings. The zero-order chi connectivity index (χ0) is 33.6. The lowest BCUT2D eigenvalue weighted by Crippen LogP contribution is -2.28. The van der Waals surface area contributed by atoms with Crippen molar-refractivity contribution in [1.82, 2.24) is 0 Å². The Labute approximate surface area is 283 Å². The van der Waals surface area contributed by atoms with Crippen LogP contribution in [0.2, 0.25) is 0 Å². The van der Waals surface area contributed by atoms with Gasteiger partial charge in [0.05, 0.1) is 6.61 Å². The van der Waals surface area contributed by atoms with Crippen LogP contribution in [0.15, 0.2) is 60.8 Å². The summed E-state index contributed by atoms with van der Waals surface area (Å²) < 4.78 is 10.5. The van der Waals surface area contributed by atoms with E-state index in [0.29, 0.717) is 12.8 Å². The molecule has 0 aliphatic carbocycles. The van der Waals surface area contributed by atoms with E-state index >= 15 is 0 Å². The van der Waals surface area contributed by atoms with Crippen molar-refractivity contribution >= 4 is 11.9 Å². The molecule has 5 nitrogen and oxygen atoms in total.